The summed E-state index contributed by atoms with van der Waals surface area (Å²) in [6.45, 7) is 0.414. The van der Waals surface area contributed by atoms with Crippen LogP contribution in [0.25, 0.3) is 22.2 Å². The number of hydrogen-bond donors (Lipinski definition) is 1. The van der Waals surface area contributed by atoms with Gasteiger partial charge in [-0.05, 0) is 24.3 Å². The normalized spacial score (nSPS) is 10.7. The fourth-order valence-corrected chi connectivity index (χ4v) is 3.18. The van der Waals surface area contributed by atoms with Crippen molar-refractivity contribution in [3.8, 4) is 11.3 Å². The number of para-hydroxylation sites is 1. The van der Waals surface area contributed by atoms with Gasteiger partial charge in [0.15, 0.2) is 0 Å². The number of pyridine rings is 2. The van der Waals surface area contributed by atoms with Gasteiger partial charge in [-0.15, -0.1) is 11.3 Å². The van der Waals surface area contributed by atoms with Crippen molar-refractivity contribution < 1.29 is 4.79 Å². The second kappa shape index (κ2) is 6.78. The van der Waals surface area contributed by atoms with Gasteiger partial charge in [-0.2, -0.15) is 0 Å². The fourth-order valence-electron chi connectivity index (χ4n) is 2.63. The number of thiazole rings is 1. The maximum atomic E-state index is 12.8. The van der Waals surface area contributed by atoms with Crippen LogP contribution in [-0.4, -0.2) is 20.9 Å². The monoisotopic (exact) mass is 346 g/mol. The molecule has 4 aromatic rings. The van der Waals surface area contributed by atoms with Crippen molar-refractivity contribution in [3.63, 3.8) is 0 Å². The van der Waals surface area contributed by atoms with Gasteiger partial charge in [-0.1, -0.05) is 18.2 Å². The lowest BCUT2D eigenvalue weighted by atomic mass is 10.0. The summed E-state index contributed by atoms with van der Waals surface area (Å²) in [6, 6.07) is 13.3. The van der Waals surface area contributed by atoms with E-state index in [1.54, 1.807) is 18.6 Å². The van der Waals surface area contributed by atoms with Gasteiger partial charge in [0.1, 0.15) is 5.01 Å². The molecule has 0 bridgehead atoms. The molecular formula is C19H14N4OS. The SMILES string of the molecule is O=C(NCc1nccs1)c1cc(-c2ccncc2)nc2ccccc12. The summed E-state index contributed by atoms with van der Waals surface area (Å²) in [5.74, 6) is -0.135. The lowest BCUT2D eigenvalue weighted by Crippen LogP contribution is -2.23. The van der Waals surface area contributed by atoms with Crippen LogP contribution >= 0.6 is 11.3 Å². The Balaban J connectivity index is 1.74. The van der Waals surface area contributed by atoms with Crippen molar-refractivity contribution in [3.05, 3.63) is 77.0 Å². The first kappa shape index (κ1) is 15.4. The van der Waals surface area contributed by atoms with E-state index in [9.17, 15) is 4.79 Å². The number of hydrogen-bond acceptors (Lipinski definition) is 5. The molecule has 0 aliphatic rings. The van der Waals surface area contributed by atoms with Gasteiger partial charge in [0.25, 0.3) is 5.91 Å². The number of fused-ring (bicyclic) bond motifs is 1. The average molecular weight is 346 g/mol. The van der Waals surface area contributed by atoms with Gasteiger partial charge in [0.2, 0.25) is 0 Å². The molecule has 3 aromatic heterocycles. The lowest BCUT2D eigenvalue weighted by molar-refractivity contribution is 0.0952. The van der Waals surface area contributed by atoms with E-state index in [1.165, 1.54) is 11.3 Å². The highest BCUT2D eigenvalue weighted by Gasteiger charge is 2.14. The molecule has 1 aromatic carbocycles. The van der Waals surface area contributed by atoms with Crippen LogP contribution in [0.5, 0.6) is 0 Å². The number of aromatic nitrogens is 3. The van der Waals surface area contributed by atoms with Crippen molar-refractivity contribution in [2.45, 2.75) is 6.54 Å². The Morgan fingerprint density at radius 2 is 1.92 bits per heavy atom. The van der Waals surface area contributed by atoms with Crippen LogP contribution in [0.2, 0.25) is 0 Å². The number of rotatable bonds is 4. The zero-order chi connectivity index (χ0) is 17.1. The van der Waals surface area contributed by atoms with Gasteiger partial charge in [0.05, 0.1) is 23.3 Å². The van der Waals surface area contributed by atoms with E-state index < -0.39 is 0 Å². The predicted molar refractivity (Wildman–Crippen MR) is 98.3 cm³/mol. The number of benzene rings is 1. The maximum absolute atomic E-state index is 12.8. The average Bonchev–Trinajstić information content (AvgIpc) is 3.19. The van der Waals surface area contributed by atoms with Gasteiger partial charge in [-0.25, -0.2) is 9.97 Å². The van der Waals surface area contributed by atoms with Crippen LogP contribution in [0.3, 0.4) is 0 Å². The summed E-state index contributed by atoms with van der Waals surface area (Å²) < 4.78 is 0. The van der Waals surface area contributed by atoms with Gasteiger partial charge < -0.3 is 5.32 Å². The topological polar surface area (TPSA) is 67.8 Å². The Bertz CT molecular complexity index is 1020. The van der Waals surface area contributed by atoms with Crippen LogP contribution in [0.15, 0.2) is 66.4 Å². The molecule has 0 fully saturated rings. The zero-order valence-electron chi connectivity index (χ0n) is 13.2. The number of carbonyl (C=O) groups excluding carboxylic acids is 1. The maximum Gasteiger partial charge on any atom is 0.252 e. The highest BCUT2D eigenvalue weighted by molar-refractivity contribution is 7.09. The largest absolute Gasteiger partial charge is 0.346 e. The van der Waals surface area contributed by atoms with Crippen molar-refractivity contribution >= 4 is 28.1 Å². The van der Waals surface area contributed by atoms with E-state index in [1.807, 2.05) is 47.8 Å². The van der Waals surface area contributed by atoms with Crippen molar-refractivity contribution in [2.24, 2.45) is 0 Å². The molecule has 3 heterocycles. The summed E-state index contributed by atoms with van der Waals surface area (Å²) >= 11 is 1.52. The smallest absolute Gasteiger partial charge is 0.252 e. The van der Waals surface area contributed by atoms with Crippen LogP contribution in [-0.2, 0) is 6.54 Å². The Kier molecular flexibility index (Phi) is 4.18. The molecule has 1 N–H and O–H groups in total. The predicted octanol–water partition coefficient (Wildman–Crippen LogP) is 3.68. The van der Waals surface area contributed by atoms with Crippen molar-refractivity contribution in [1.82, 2.24) is 20.3 Å². The second-order valence-electron chi connectivity index (χ2n) is 5.42. The van der Waals surface area contributed by atoms with Crippen LogP contribution in [0.4, 0.5) is 0 Å². The molecular weight excluding hydrogens is 332 g/mol. The van der Waals surface area contributed by atoms with Crippen LogP contribution < -0.4 is 5.32 Å². The Morgan fingerprint density at radius 1 is 1.08 bits per heavy atom. The van der Waals surface area contributed by atoms with Crippen molar-refractivity contribution in [1.29, 1.82) is 0 Å². The molecule has 0 saturated heterocycles. The standard InChI is InChI=1S/C19H14N4OS/c24-19(22-12-18-21-9-10-25-18)15-11-17(13-5-7-20-8-6-13)23-16-4-2-1-3-14(15)16/h1-11H,12H2,(H,22,24). The summed E-state index contributed by atoms with van der Waals surface area (Å²) in [5.41, 5.74) is 3.07. The minimum atomic E-state index is -0.135. The summed E-state index contributed by atoms with van der Waals surface area (Å²) in [4.78, 5) is 25.7. The van der Waals surface area contributed by atoms with Gasteiger partial charge in [0, 0.05) is 34.9 Å². The van der Waals surface area contributed by atoms with Crippen LogP contribution in [0.1, 0.15) is 15.4 Å². The molecule has 5 nitrogen and oxygen atoms in total. The molecule has 122 valence electrons. The number of carbonyl (C=O) groups is 1. The van der Waals surface area contributed by atoms with E-state index in [4.69, 9.17) is 0 Å². The van der Waals surface area contributed by atoms with E-state index in [2.05, 4.69) is 20.3 Å². The van der Waals surface area contributed by atoms with Crippen molar-refractivity contribution in [2.75, 3.05) is 0 Å². The van der Waals surface area contributed by atoms with Gasteiger partial charge in [-0.3, -0.25) is 9.78 Å². The second-order valence-corrected chi connectivity index (χ2v) is 6.40. The molecule has 0 aliphatic heterocycles. The Labute approximate surface area is 148 Å². The van der Waals surface area contributed by atoms with E-state index >= 15 is 0 Å². The molecule has 0 atom stereocenters. The first-order chi connectivity index (χ1) is 12.3. The van der Waals surface area contributed by atoms with E-state index in [0.29, 0.717) is 12.1 Å². The first-order valence-corrected chi connectivity index (χ1v) is 8.66. The zero-order valence-corrected chi connectivity index (χ0v) is 14.0. The Hall–Kier alpha value is -3.12. The molecule has 0 spiro atoms. The quantitative estimate of drug-likeness (QED) is 0.612. The lowest BCUT2D eigenvalue weighted by Gasteiger charge is -2.10. The summed E-state index contributed by atoms with van der Waals surface area (Å²) in [5, 5.41) is 6.54. The molecule has 0 aliphatic carbocycles. The molecule has 0 saturated carbocycles. The number of nitrogens with one attached hydrogen (secondary N) is 1. The molecule has 25 heavy (non-hydrogen) atoms. The number of nitrogens with zero attached hydrogens (tertiary/aromatic N) is 3. The third kappa shape index (κ3) is 3.25. The summed E-state index contributed by atoms with van der Waals surface area (Å²) in [7, 11) is 0. The molecule has 1 amide bonds. The highest BCUT2D eigenvalue weighted by atomic mass is 32.1. The Morgan fingerprint density at radius 3 is 2.72 bits per heavy atom. The van der Waals surface area contributed by atoms with Gasteiger partial charge >= 0.3 is 0 Å². The fraction of sp³-hybridized carbons (Fsp3) is 0.0526. The molecule has 0 radical (unpaired) electrons. The van der Waals surface area contributed by atoms with E-state index in [-0.39, 0.29) is 5.91 Å². The van der Waals surface area contributed by atoms with E-state index in [0.717, 1.165) is 27.2 Å². The highest BCUT2D eigenvalue weighted by Crippen LogP contribution is 2.24. The third-order valence-corrected chi connectivity index (χ3v) is 4.60. The number of amides is 1. The first-order valence-electron chi connectivity index (χ1n) is 7.78. The van der Waals surface area contributed by atoms with Crippen LogP contribution in [0, 0.1) is 0 Å². The molecule has 0 unspecified atom stereocenters. The molecule has 4 rings (SSSR count). The molecule has 6 heteroatoms. The third-order valence-electron chi connectivity index (χ3n) is 3.82. The minimum absolute atomic E-state index is 0.135. The minimum Gasteiger partial charge on any atom is -0.346 e. The summed E-state index contributed by atoms with van der Waals surface area (Å²) in [6.07, 6.45) is 5.17.